The van der Waals surface area contributed by atoms with E-state index < -0.39 is 5.97 Å². The number of methoxy groups -OCH3 is 1. The van der Waals surface area contributed by atoms with Gasteiger partial charge in [-0.25, -0.2) is 4.79 Å². The van der Waals surface area contributed by atoms with Crippen LogP contribution in [0.3, 0.4) is 0 Å². The first-order valence-electron chi connectivity index (χ1n) is 10.7. The van der Waals surface area contributed by atoms with Gasteiger partial charge in [0.25, 0.3) is 0 Å². The van der Waals surface area contributed by atoms with Gasteiger partial charge in [-0.15, -0.1) is 0 Å². The Kier molecular flexibility index (Phi) is 7.05. The summed E-state index contributed by atoms with van der Waals surface area (Å²) in [5.74, 6) is 0.495. The molecule has 0 bridgehead atoms. The summed E-state index contributed by atoms with van der Waals surface area (Å²) in [5.41, 5.74) is 2.77. The van der Waals surface area contributed by atoms with E-state index in [4.69, 9.17) is 20.9 Å². The minimum Gasteiger partial charge on any atom is -0.465 e. The van der Waals surface area contributed by atoms with E-state index in [2.05, 4.69) is 20.4 Å². The molecule has 2 aromatic carbocycles. The van der Waals surface area contributed by atoms with Gasteiger partial charge in [-0.1, -0.05) is 22.8 Å². The number of carbonyl (C=O) groups is 2. The normalized spacial score (nSPS) is 14.8. The lowest BCUT2D eigenvalue weighted by Crippen LogP contribution is -2.37. The molecule has 172 valence electrons. The fraction of sp³-hybridized carbons (Fsp3) is 0.333. The van der Waals surface area contributed by atoms with Crippen molar-refractivity contribution in [1.82, 2.24) is 15.0 Å². The number of rotatable bonds is 6. The Morgan fingerprint density at radius 1 is 1.18 bits per heavy atom. The highest BCUT2D eigenvalue weighted by Crippen LogP contribution is 2.24. The summed E-state index contributed by atoms with van der Waals surface area (Å²) < 4.78 is 10.2. The monoisotopic (exact) mass is 468 g/mol. The minimum atomic E-state index is -0.431. The SMILES string of the molecule is COC(=O)c1ccc(C)c(NC(=O)C2CCN(Cc3nc(-c4ccc(Cl)cc4)no3)CC2)c1. The first-order chi connectivity index (χ1) is 15.9. The summed E-state index contributed by atoms with van der Waals surface area (Å²) >= 11 is 5.93. The molecule has 0 unspecified atom stereocenters. The van der Waals surface area contributed by atoms with Crippen molar-refractivity contribution < 1.29 is 18.8 Å². The van der Waals surface area contributed by atoms with Gasteiger partial charge in [0.2, 0.25) is 17.6 Å². The predicted molar refractivity (Wildman–Crippen MR) is 124 cm³/mol. The van der Waals surface area contributed by atoms with Gasteiger partial charge in [-0.2, -0.15) is 4.98 Å². The standard InChI is InChI=1S/C24H25ClN4O4/c1-15-3-4-18(24(31)32-2)13-20(15)26-23(30)17-9-11-29(12-10-17)14-21-27-22(28-33-21)16-5-7-19(25)8-6-16/h3-8,13,17H,9-12,14H2,1-2H3,(H,26,30). The Labute approximate surface area is 196 Å². The van der Waals surface area contributed by atoms with Crippen LogP contribution in [0.2, 0.25) is 5.02 Å². The second-order valence-electron chi connectivity index (χ2n) is 8.08. The molecule has 0 radical (unpaired) electrons. The molecule has 2 heterocycles. The fourth-order valence-corrected chi connectivity index (χ4v) is 3.94. The van der Waals surface area contributed by atoms with Crippen LogP contribution in [0.15, 0.2) is 47.0 Å². The highest BCUT2D eigenvalue weighted by molar-refractivity contribution is 6.30. The maximum atomic E-state index is 12.8. The second kappa shape index (κ2) is 10.1. The lowest BCUT2D eigenvalue weighted by molar-refractivity contribution is -0.121. The third-order valence-corrected chi connectivity index (χ3v) is 6.06. The quantitative estimate of drug-likeness (QED) is 0.537. The van der Waals surface area contributed by atoms with Crippen LogP contribution < -0.4 is 5.32 Å². The molecular weight excluding hydrogens is 444 g/mol. The molecule has 1 N–H and O–H groups in total. The van der Waals surface area contributed by atoms with E-state index in [1.807, 2.05) is 19.1 Å². The summed E-state index contributed by atoms with van der Waals surface area (Å²) in [6.45, 7) is 3.92. The number of likely N-dealkylation sites (tertiary alicyclic amines) is 1. The molecule has 9 heteroatoms. The molecule has 0 spiro atoms. The van der Waals surface area contributed by atoms with Crippen molar-refractivity contribution in [3.8, 4) is 11.4 Å². The lowest BCUT2D eigenvalue weighted by atomic mass is 9.95. The minimum absolute atomic E-state index is 0.0393. The van der Waals surface area contributed by atoms with E-state index in [0.29, 0.717) is 34.5 Å². The molecular formula is C24H25ClN4O4. The van der Waals surface area contributed by atoms with Crippen LogP contribution in [0.5, 0.6) is 0 Å². The van der Waals surface area contributed by atoms with Crippen LogP contribution in [0.4, 0.5) is 5.69 Å². The zero-order valence-electron chi connectivity index (χ0n) is 18.5. The molecule has 8 nitrogen and oxygen atoms in total. The number of ether oxygens (including phenoxy) is 1. The first-order valence-corrected chi connectivity index (χ1v) is 11.1. The zero-order valence-corrected chi connectivity index (χ0v) is 19.3. The van der Waals surface area contributed by atoms with Crippen molar-refractivity contribution in [2.45, 2.75) is 26.3 Å². The van der Waals surface area contributed by atoms with E-state index in [1.165, 1.54) is 7.11 Å². The molecule has 3 aromatic rings. The summed E-state index contributed by atoms with van der Waals surface area (Å²) in [6.07, 6.45) is 1.44. The Morgan fingerprint density at radius 3 is 2.61 bits per heavy atom. The summed E-state index contributed by atoms with van der Waals surface area (Å²) in [4.78, 5) is 31.3. The number of esters is 1. The molecule has 4 rings (SSSR count). The number of halogens is 1. The van der Waals surface area contributed by atoms with Crippen molar-refractivity contribution >= 4 is 29.2 Å². The number of hydrogen-bond donors (Lipinski definition) is 1. The number of benzene rings is 2. The van der Waals surface area contributed by atoms with Crippen LogP contribution in [0.25, 0.3) is 11.4 Å². The van der Waals surface area contributed by atoms with Crippen molar-refractivity contribution in [2.75, 3.05) is 25.5 Å². The largest absolute Gasteiger partial charge is 0.465 e. The number of nitrogens with zero attached hydrogens (tertiary/aromatic N) is 3. The number of amides is 1. The van der Waals surface area contributed by atoms with Gasteiger partial charge in [0, 0.05) is 22.2 Å². The Hall–Kier alpha value is -3.23. The number of anilines is 1. The Bertz CT molecular complexity index is 1140. The maximum Gasteiger partial charge on any atom is 0.337 e. The van der Waals surface area contributed by atoms with Gasteiger partial charge in [0.15, 0.2) is 0 Å². The molecule has 1 saturated heterocycles. The number of piperidine rings is 1. The van der Waals surface area contributed by atoms with E-state index in [0.717, 1.165) is 37.1 Å². The molecule has 1 fully saturated rings. The van der Waals surface area contributed by atoms with Crippen LogP contribution in [-0.4, -0.2) is 47.1 Å². The van der Waals surface area contributed by atoms with Crippen LogP contribution in [0.1, 0.15) is 34.7 Å². The average Bonchev–Trinajstić information content (AvgIpc) is 3.29. The molecule has 1 amide bonds. The van der Waals surface area contributed by atoms with Gasteiger partial charge in [-0.3, -0.25) is 9.69 Å². The van der Waals surface area contributed by atoms with E-state index >= 15 is 0 Å². The topological polar surface area (TPSA) is 97.6 Å². The van der Waals surface area contributed by atoms with Crippen LogP contribution in [0, 0.1) is 12.8 Å². The second-order valence-corrected chi connectivity index (χ2v) is 8.52. The van der Waals surface area contributed by atoms with Crippen LogP contribution >= 0.6 is 11.6 Å². The average molecular weight is 469 g/mol. The highest BCUT2D eigenvalue weighted by atomic mass is 35.5. The van der Waals surface area contributed by atoms with Crippen molar-refractivity contribution in [2.24, 2.45) is 5.92 Å². The van der Waals surface area contributed by atoms with Crippen molar-refractivity contribution in [3.63, 3.8) is 0 Å². The molecule has 0 aliphatic carbocycles. The van der Waals surface area contributed by atoms with Gasteiger partial charge in [-0.05, 0) is 74.8 Å². The van der Waals surface area contributed by atoms with Gasteiger partial charge in [0.05, 0.1) is 19.2 Å². The fourth-order valence-electron chi connectivity index (χ4n) is 3.82. The number of hydrogen-bond acceptors (Lipinski definition) is 7. The molecule has 1 aliphatic rings. The van der Waals surface area contributed by atoms with Crippen molar-refractivity contribution in [3.05, 3.63) is 64.5 Å². The van der Waals surface area contributed by atoms with Gasteiger partial charge in [0.1, 0.15) is 0 Å². The number of aromatic nitrogens is 2. The van der Waals surface area contributed by atoms with Gasteiger partial charge >= 0.3 is 5.97 Å². The van der Waals surface area contributed by atoms with E-state index in [1.54, 1.807) is 30.3 Å². The smallest absolute Gasteiger partial charge is 0.337 e. The maximum absolute atomic E-state index is 12.8. The van der Waals surface area contributed by atoms with E-state index in [9.17, 15) is 9.59 Å². The Morgan fingerprint density at radius 2 is 1.91 bits per heavy atom. The Balaban J connectivity index is 1.31. The lowest BCUT2D eigenvalue weighted by Gasteiger charge is -2.30. The van der Waals surface area contributed by atoms with Gasteiger partial charge < -0.3 is 14.6 Å². The number of nitrogens with one attached hydrogen (secondary N) is 1. The third kappa shape index (κ3) is 5.58. The number of aryl methyl sites for hydroxylation is 1. The highest BCUT2D eigenvalue weighted by Gasteiger charge is 2.26. The summed E-state index contributed by atoms with van der Waals surface area (Å²) in [6, 6.07) is 12.4. The van der Waals surface area contributed by atoms with E-state index in [-0.39, 0.29) is 11.8 Å². The number of carbonyl (C=O) groups excluding carboxylic acids is 2. The zero-order chi connectivity index (χ0) is 23.4. The molecule has 1 aliphatic heterocycles. The molecule has 33 heavy (non-hydrogen) atoms. The molecule has 0 atom stereocenters. The first kappa shape index (κ1) is 22.9. The summed E-state index contributed by atoms with van der Waals surface area (Å²) in [5, 5.41) is 7.68. The third-order valence-electron chi connectivity index (χ3n) is 5.80. The molecule has 1 aromatic heterocycles. The molecule has 0 saturated carbocycles. The van der Waals surface area contributed by atoms with Crippen molar-refractivity contribution in [1.29, 1.82) is 0 Å². The summed E-state index contributed by atoms with van der Waals surface area (Å²) in [7, 11) is 1.33. The predicted octanol–water partition coefficient (Wildman–Crippen LogP) is 4.34. The van der Waals surface area contributed by atoms with Crippen LogP contribution in [-0.2, 0) is 16.1 Å².